The van der Waals surface area contributed by atoms with Crippen molar-refractivity contribution >= 4 is 28.7 Å². The normalized spacial score (nSPS) is 16.6. The monoisotopic (exact) mass is 435 g/mol. The first-order chi connectivity index (χ1) is 15.1. The number of ether oxygens (including phenoxy) is 1. The number of fused-ring (bicyclic) bond motifs is 2. The van der Waals surface area contributed by atoms with Crippen LogP contribution in [0.15, 0.2) is 52.4 Å². The van der Waals surface area contributed by atoms with Crippen molar-refractivity contribution in [1.82, 2.24) is 14.5 Å². The van der Waals surface area contributed by atoms with E-state index >= 15 is 0 Å². The molecule has 1 amide bonds. The van der Waals surface area contributed by atoms with Crippen LogP contribution in [-0.4, -0.2) is 51.9 Å². The molecule has 31 heavy (non-hydrogen) atoms. The summed E-state index contributed by atoms with van der Waals surface area (Å²) in [5, 5.41) is 1.25. The molecule has 0 atom stereocenters. The molecule has 6 nitrogen and oxygen atoms in total. The van der Waals surface area contributed by atoms with E-state index in [0.717, 1.165) is 23.4 Å². The third-order valence-corrected chi connectivity index (χ3v) is 7.21. The van der Waals surface area contributed by atoms with Gasteiger partial charge < -0.3 is 14.2 Å². The fourth-order valence-electron chi connectivity index (χ4n) is 4.43. The molecule has 2 aliphatic rings. The van der Waals surface area contributed by atoms with E-state index in [9.17, 15) is 9.59 Å². The van der Waals surface area contributed by atoms with Gasteiger partial charge in [-0.25, -0.2) is 4.98 Å². The van der Waals surface area contributed by atoms with Crippen LogP contribution >= 0.6 is 11.8 Å². The van der Waals surface area contributed by atoms with Gasteiger partial charge in [0, 0.05) is 31.1 Å². The molecule has 3 heterocycles. The number of amides is 1. The largest absolute Gasteiger partial charge is 0.378 e. The van der Waals surface area contributed by atoms with Crippen LogP contribution in [0.5, 0.6) is 0 Å². The van der Waals surface area contributed by atoms with Crippen molar-refractivity contribution in [2.24, 2.45) is 0 Å². The van der Waals surface area contributed by atoms with E-state index in [1.54, 1.807) is 22.9 Å². The lowest BCUT2D eigenvalue weighted by Gasteiger charge is -2.27. The molecule has 1 aliphatic carbocycles. The quantitative estimate of drug-likeness (QED) is 0.630. The van der Waals surface area contributed by atoms with Crippen molar-refractivity contribution < 1.29 is 9.53 Å². The van der Waals surface area contributed by atoms with Gasteiger partial charge in [0.25, 0.3) is 5.91 Å². The fraction of sp³-hybridized carbons (Fsp3) is 0.375. The highest BCUT2D eigenvalue weighted by Crippen LogP contribution is 2.34. The lowest BCUT2D eigenvalue weighted by atomic mass is 10.1. The van der Waals surface area contributed by atoms with Gasteiger partial charge in [-0.3, -0.25) is 9.59 Å². The van der Waals surface area contributed by atoms with Crippen molar-refractivity contribution in [3.05, 3.63) is 69.5 Å². The summed E-state index contributed by atoms with van der Waals surface area (Å²) >= 11 is 1.72. The lowest BCUT2D eigenvalue weighted by Crippen LogP contribution is -2.42. The number of carbonyl (C=O) groups excluding carboxylic acids is 1. The number of nitrogens with zero attached hydrogens (tertiary/aromatic N) is 3. The van der Waals surface area contributed by atoms with Crippen LogP contribution in [0.3, 0.4) is 0 Å². The van der Waals surface area contributed by atoms with Gasteiger partial charge >= 0.3 is 0 Å². The molecular formula is C24H25N3O3S. The molecule has 160 valence electrons. The zero-order chi connectivity index (χ0) is 21.4. The topological polar surface area (TPSA) is 64.4 Å². The molecule has 1 aliphatic heterocycles. The van der Waals surface area contributed by atoms with Crippen molar-refractivity contribution in [2.75, 3.05) is 26.3 Å². The smallest absolute Gasteiger partial charge is 0.259 e. The number of pyridine rings is 2. The molecule has 7 heteroatoms. The van der Waals surface area contributed by atoms with E-state index in [1.165, 1.54) is 11.1 Å². The van der Waals surface area contributed by atoms with Gasteiger partial charge in [-0.05, 0) is 43.0 Å². The Hall–Kier alpha value is -2.64. The number of aryl methyl sites for hydroxylation is 1. The van der Waals surface area contributed by atoms with E-state index < -0.39 is 0 Å². The molecular weight excluding hydrogens is 410 g/mol. The van der Waals surface area contributed by atoms with Crippen molar-refractivity contribution in [3.63, 3.8) is 0 Å². The Morgan fingerprint density at radius 1 is 1.13 bits per heavy atom. The van der Waals surface area contributed by atoms with Crippen molar-refractivity contribution in [1.29, 1.82) is 0 Å². The van der Waals surface area contributed by atoms with E-state index in [0.29, 0.717) is 43.6 Å². The van der Waals surface area contributed by atoms with Gasteiger partial charge in [0.2, 0.25) is 5.43 Å². The van der Waals surface area contributed by atoms with E-state index in [-0.39, 0.29) is 16.9 Å². The minimum Gasteiger partial charge on any atom is -0.378 e. The molecule has 0 spiro atoms. The summed E-state index contributed by atoms with van der Waals surface area (Å²) in [4.78, 5) is 32.8. The third-order valence-electron chi connectivity index (χ3n) is 6.07. The van der Waals surface area contributed by atoms with Gasteiger partial charge in [0.05, 0.1) is 23.8 Å². The SMILES string of the molecule is CCn1cc(C(=O)N2CCOCC2)c(=O)c2nc(SC3Cc4ccccc4C3)ccc21. The maximum absolute atomic E-state index is 13.3. The standard InChI is InChI=1S/C24H25N3O3S/c1-2-26-15-19(24(29)27-9-11-30-12-10-27)23(28)22-20(26)7-8-21(25-22)31-18-13-16-5-3-4-6-17(16)14-18/h3-8,15,18H,2,9-14H2,1H3. The summed E-state index contributed by atoms with van der Waals surface area (Å²) < 4.78 is 7.28. The second-order valence-electron chi connectivity index (χ2n) is 8.00. The molecule has 0 unspecified atom stereocenters. The predicted molar refractivity (Wildman–Crippen MR) is 122 cm³/mol. The Morgan fingerprint density at radius 3 is 2.52 bits per heavy atom. The Bertz CT molecular complexity index is 1180. The molecule has 0 N–H and O–H groups in total. The first-order valence-electron chi connectivity index (χ1n) is 10.8. The summed E-state index contributed by atoms with van der Waals surface area (Å²) in [5.41, 5.74) is 3.85. The zero-order valence-corrected chi connectivity index (χ0v) is 18.4. The maximum Gasteiger partial charge on any atom is 0.259 e. The minimum absolute atomic E-state index is 0.194. The molecule has 2 aromatic heterocycles. The average Bonchev–Trinajstić information content (AvgIpc) is 3.22. The minimum atomic E-state index is -0.284. The molecule has 1 saturated heterocycles. The molecule has 1 aromatic carbocycles. The molecule has 0 bridgehead atoms. The Kier molecular flexibility index (Phi) is 5.54. The van der Waals surface area contributed by atoms with Gasteiger partial charge in [0.1, 0.15) is 11.1 Å². The number of hydrogen-bond donors (Lipinski definition) is 0. The highest BCUT2D eigenvalue weighted by molar-refractivity contribution is 7.99. The number of benzene rings is 1. The molecule has 0 saturated carbocycles. The maximum atomic E-state index is 13.3. The third kappa shape index (κ3) is 3.88. The number of rotatable bonds is 4. The lowest BCUT2D eigenvalue weighted by molar-refractivity contribution is 0.0301. The highest BCUT2D eigenvalue weighted by atomic mass is 32.2. The summed E-state index contributed by atoms with van der Waals surface area (Å²) in [6.45, 7) is 4.69. The highest BCUT2D eigenvalue weighted by Gasteiger charge is 2.25. The van der Waals surface area contributed by atoms with Crippen LogP contribution in [0.4, 0.5) is 0 Å². The van der Waals surface area contributed by atoms with Crippen LogP contribution in [0.2, 0.25) is 0 Å². The van der Waals surface area contributed by atoms with Crippen LogP contribution in [-0.2, 0) is 24.1 Å². The molecule has 3 aromatic rings. The van der Waals surface area contributed by atoms with Crippen LogP contribution in [0.25, 0.3) is 11.0 Å². The predicted octanol–water partition coefficient (Wildman–Crippen LogP) is 3.15. The number of hydrogen-bond acceptors (Lipinski definition) is 5. The number of morpholine rings is 1. The summed E-state index contributed by atoms with van der Waals surface area (Å²) in [5.74, 6) is -0.233. The van der Waals surface area contributed by atoms with Gasteiger partial charge in [-0.15, -0.1) is 11.8 Å². The van der Waals surface area contributed by atoms with Crippen LogP contribution in [0, 0.1) is 0 Å². The van der Waals surface area contributed by atoms with Crippen LogP contribution in [0.1, 0.15) is 28.4 Å². The van der Waals surface area contributed by atoms with Gasteiger partial charge in [-0.1, -0.05) is 24.3 Å². The Labute approximate surface area is 185 Å². The summed E-state index contributed by atoms with van der Waals surface area (Å²) in [6, 6.07) is 12.5. The second-order valence-corrected chi connectivity index (χ2v) is 9.32. The number of carbonyl (C=O) groups is 1. The summed E-state index contributed by atoms with van der Waals surface area (Å²) in [6.07, 6.45) is 3.70. The average molecular weight is 436 g/mol. The van der Waals surface area contributed by atoms with E-state index in [1.807, 2.05) is 23.6 Å². The number of thioether (sulfide) groups is 1. The zero-order valence-electron chi connectivity index (χ0n) is 17.5. The van der Waals surface area contributed by atoms with Crippen molar-refractivity contribution in [2.45, 2.75) is 36.6 Å². The number of aromatic nitrogens is 2. The van der Waals surface area contributed by atoms with Gasteiger partial charge in [0.15, 0.2) is 0 Å². The van der Waals surface area contributed by atoms with Crippen LogP contribution < -0.4 is 5.43 Å². The second kappa shape index (κ2) is 8.48. The van der Waals surface area contributed by atoms with Gasteiger partial charge in [-0.2, -0.15) is 0 Å². The first-order valence-corrected chi connectivity index (χ1v) is 11.7. The van der Waals surface area contributed by atoms with E-state index in [2.05, 4.69) is 24.3 Å². The van der Waals surface area contributed by atoms with E-state index in [4.69, 9.17) is 9.72 Å². The molecule has 1 fully saturated rings. The fourth-order valence-corrected chi connectivity index (χ4v) is 5.59. The van der Waals surface area contributed by atoms with Crippen molar-refractivity contribution in [3.8, 4) is 0 Å². The Balaban J connectivity index is 1.48. The Morgan fingerprint density at radius 2 is 1.84 bits per heavy atom. The molecule has 0 radical (unpaired) electrons. The first kappa shape index (κ1) is 20.3. The summed E-state index contributed by atoms with van der Waals surface area (Å²) in [7, 11) is 0. The molecule has 5 rings (SSSR count).